The maximum absolute atomic E-state index is 10.7. The third kappa shape index (κ3) is 2.80. The molecule has 0 aromatic carbocycles. The zero-order chi connectivity index (χ0) is 13.8. The number of anilines is 1. The van der Waals surface area contributed by atoms with Gasteiger partial charge in [-0.25, -0.2) is 4.98 Å². The third-order valence-corrected chi connectivity index (χ3v) is 3.08. The van der Waals surface area contributed by atoms with Gasteiger partial charge >= 0.3 is 0 Å². The lowest BCUT2D eigenvalue weighted by Crippen LogP contribution is -2.43. The average molecular weight is 262 g/mol. The van der Waals surface area contributed by atoms with E-state index in [1.54, 1.807) is 0 Å². The Balaban J connectivity index is 2.29. The van der Waals surface area contributed by atoms with Gasteiger partial charge in [-0.3, -0.25) is 10.1 Å². The molecule has 1 aliphatic rings. The molecule has 7 nitrogen and oxygen atoms in total. The van der Waals surface area contributed by atoms with Gasteiger partial charge in [0.15, 0.2) is 0 Å². The van der Waals surface area contributed by atoms with Gasteiger partial charge in [0, 0.05) is 19.2 Å². The number of aromatic nitrogens is 1. The number of nitro groups is 1. The molecule has 1 fully saturated rings. The van der Waals surface area contributed by atoms with Crippen LogP contribution < -0.4 is 4.90 Å². The molecule has 1 aliphatic heterocycles. The molecule has 7 heteroatoms. The molecule has 0 N–H and O–H groups in total. The molecule has 0 saturated carbocycles. The van der Waals surface area contributed by atoms with Crippen molar-refractivity contribution in [1.29, 1.82) is 5.26 Å². The van der Waals surface area contributed by atoms with Crippen molar-refractivity contribution >= 4 is 11.5 Å². The highest BCUT2D eigenvalue weighted by atomic mass is 16.6. The first-order chi connectivity index (χ1) is 9.15. The van der Waals surface area contributed by atoms with E-state index < -0.39 is 4.92 Å². The van der Waals surface area contributed by atoms with Gasteiger partial charge in [0.25, 0.3) is 5.69 Å². The van der Waals surface area contributed by atoms with Crippen molar-refractivity contribution in [2.45, 2.75) is 19.4 Å². The molecule has 0 spiro atoms. The highest BCUT2D eigenvalue weighted by molar-refractivity contribution is 5.57. The summed E-state index contributed by atoms with van der Waals surface area (Å²) in [5, 5.41) is 19.8. The smallest absolute Gasteiger partial charge is 0.289 e. The summed E-state index contributed by atoms with van der Waals surface area (Å²) >= 11 is 0. The van der Waals surface area contributed by atoms with Crippen molar-refractivity contribution in [3.05, 3.63) is 27.9 Å². The lowest BCUT2D eigenvalue weighted by molar-refractivity contribution is -0.385. The molecule has 0 aliphatic carbocycles. The van der Waals surface area contributed by atoms with E-state index >= 15 is 0 Å². The number of ether oxygens (including phenoxy) is 1. The van der Waals surface area contributed by atoms with Gasteiger partial charge in [-0.15, -0.1) is 0 Å². The van der Waals surface area contributed by atoms with Crippen LogP contribution in [-0.4, -0.2) is 35.7 Å². The van der Waals surface area contributed by atoms with Crippen LogP contribution in [0.3, 0.4) is 0 Å². The second-order valence-electron chi connectivity index (χ2n) is 4.28. The molecule has 2 rings (SSSR count). The van der Waals surface area contributed by atoms with Crippen LogP contribution >= 0.6 is 0 Å². The van der Waals surface area contributed by atoms with Gasteiger partial charge in [-0.05, 0) is 6.42 Å². The molecule has 0 bridgehead atoms. The fourth-order valence-corrected chi connectivity index (χ4v) is 2.04. The van der Waals surface area contributed by atoms with Gasteiger partial charge in [0.05, 0.1) is 17.6 Å². The first kappa shape index (κ1) is 13.2. The minimum Gasteiger partial charge on any atom is -0.375 e. The van der Waals surface area contributed by atoms with Gasteiger partial charge < -0.3 is 9.64 Å². The van der Waals surface area contributed by atoms with Crippen LogP contribution in [0.1, 0.15) is 18.9 Å². The van der Waals surface area contributed by atoms with Crippen LogP contribution in [-0.2, 0) is 4.74 Å². The number of morpholine rings is 1. The van der Waals surface area contributed by atoms with Crippen LogP contribution in [0.5, 0.6) is 0 Å². The summed E-state index contributed by atoms with van der Waals surface area (Å²) in [6, 6.07) is 3.23. The van der Waals surface area contributed by atoms with E-state index in [2.05, 4.69) is 4.98 Å². The molecule has 2 heterocycles. The summed E-state index contributed by atoms with van der Waals surface area (Å²) in [4.78, 5) is 16.1. The van der Waals surface area contributed by atoms with Crippen molar-refractivity contribution in [2.75, 3.05) is 24.6 Å². The lowest BCUT2D eigenvalue weighted by Gasteiger charge is -2.33. The zero-order valence-corrected chi connectivity index (χ0v) is 10.6. The highest BCUT2D eigenvalue weighted by Crippen LogP contribution is 2.23. The van der Waals surface area contributed by atoms with Crippen molar-refractivity contribution in [2.24, 2.45) is 0 Å². The fourth-order valence-electron chi connectivity index (χ4n) is 2.04. The Morgan fingerprint density at radius 1 is 1.74 bits per heavy atom. The molecule has 19 heavy (non-hydrogen) atoms. The largest absolute Gasteiger partial charge is 0.375 e. The number of rotatable bonds is 3. The Bertz CT molecular complexity index is 526. The molecule has 0 amide bonds. The maximum atomic E-state index is 10.7. The predicted octanol–water partition coefficient (Wildman–Crippen LogP) is 1.48. The van der Waals surface area contributed by atoms with Crippen molar-refractivity contribution in [1.82, 2.24) is 4.98 Å². The Morgan fingerprint density at radius 2 is 2.53 bits per heavy atom. The number of pyridine rings is 1. The second-order valence-corrected chi connectivity index (χ2v) is 4.28. The summed E-state index contributed by atoms with van der Waals surface area (Å²) in [5.74, 6) is 0.495. The van der Waals surface area contributed by atoms with Crippen LogP contribution in [0.25, 0.3) is 0 Å². The number of hydrogen-bond acceptors (Lipinski definition) is 6. The lowest BCUT2D eigenvalue weighted by atomic mass is 10.2. The minimum absolute atomic E-state index is 0.109. The molecule has 100 valence electrons. The van der Waals surface area contributed by atoms with Crippen LogP contribution in [0.15, 0.2) is 12.3 Å². The molecule has 0 radical (unpaired) electrons. The molecule has 1 saturated heterocycles. The quantitative estimate of drug-likeness (QED) is 0.605. The summed E-state index contributed by atoms with van der Waals surface area (Å²) in [6.45, 7) is 3.89. The molecule has 1 unspecified atom stereocenters. The molecular formula is C12H14N4O3. The third-order valence-electron chi connectivity index (χ3n) is 3.08. The fraction of sp³-hybridized carbons (Fsp3) is 0.500. The summed E-state index contributed by atoms with van der Waals surface area (Å²) in [5.41, 5.74) is 0.0616. The Kier molecular flexibility index (Phi) is 3.92. The number of nitrogens with zero attached hydrogens (tertiary/aromatic N) is 4. The van der Waals surface area contributed by atoms with Crippen LogP contribution in [0.4, 0.5) is 11.5 Å². The van der Waals surface area contributed by atoms with Crippen LogP contribution in [0, 0.1) is 21.4 Å². The predicted molar refractivity (Wildman–Crippen MR) is 67.9 cm³/mol. The Labute approximate surface area is 110 Å². The Morgan fingerprint density at radius 3 is 3.16 bits per heavy atom. The Hall–Kier alpha value is -2.20. The van der Waals surface area contributed by atoms with Crippen LogP contribution in [0.2, 0.25) is 0 Å². The van der Waals surface area contributed by atoms with E-state index in [1.165, 1.54) is 12.3 Å². The summed E-state index contributed by atoms with van der Waals surface area (Å²) in [6.07, 6.45) is 2.18. The van der Waals surface area contributed by atoms with E-state index in [-0.39, 0.29) is 17.4 Å². The number of hydrogen-bond donors (Lipinski definition) is 0. The van der Waals surface area contributed by atoms with Crippen molar-refractivity contribution in [3.63, 3.8) is 0 Å². The van der Waals surface area contributed by atoms with Gasteiger partial charge in [-0.2, -0.15) is 5.26 Å². The van der Waals surface area contributed by atoms with E-state index in [9.17, 15) is 10.1 Å². The van der Waals surface area contributed by atoms with E-state index in [0.717, 1.165) is 6.42 Å². The first-order valence-electron chi connectivity index (χ1n) is 6.06. The normalized spacial score (nSPS) is 18.9. The van der Waals surface area contributed by atoms with E-state index in [4.69, 9.17) is 10.00 Å². The topological polar surface area (TPSA) is 92.3 Å². The van der Waals surface area contributed by atoms with E-state index in [1.807, 2.05) is 17.9 Å². The van der Waals surface area contributed by atoms with Gasteiger partial charge in [0.2, 0.25) is 0 Å². The van der Waals surface area contributed by atoms with E-state index in [0.29, 0.717) is 25.5 Å². The molecule has 1 aromatic rings. The standard InChI is InChI=1S/C12H14N4O3/c1-2-11-8-15(3-4-19-11)12-9(6-13)5-10(7-14-12)16(17)18/h5,7,11H,2-4,8H2,1H3. The minimum atomic E-state index is -0.550. The second kappa shape index (κ2) is 5.63. The first-order valence-corrected chi connectivity index (χ1v) is 6.06. The zero-order valence-electron chi connectivity index (χ0n) is 10.6. The SMILES string of the molecule is CCC1CN(c2ncc([N+](=O)[O-])cc2C#N)CCO1. The maximum Gasteiger partial charge on any atom is 0.289 e. The van der Waals surface area contributed by atoms with Crippen molar-refractivity contribution in [3.8, 4) is 6.07 Å². The van der Waals surface area contributed by atoms with Crippen molar-refractivity contribution < 1.29 is 9.66 Å². The number of nitriles is 1. The molecular weight excluding hydrogens is 248 g/mol. The van der Waals surface area contributed by atoms with Gasteiger partial charge in [0.1, 0.15) is 23.6 Å². The summed E-state index contributed by atoms with van der Waals surface area (Å²) < 4.78 is 5.55. The molecule has 1 atom stereocenters. The highest BCUT2D eigenvalue weighted by Gasteiger charge is 2.23. The monoisotopic (exact) mass is 262 g/mol. The van der Waals surface area contributed by atoms with Gasteiger partial charge in [-0.1, -0.05) is 6.92 Å². The average Bonchev–Trinajstić information content (AvgIpc) is 2.46. The summed E-state index contributed by atoms with van der Waals surface area (Å²) in [7, 11) is 0. The molecule has 1 aromatic heterocycles.